The second kappa shape index (κ2) is 4.31. The third-order valence-corrected chi connectivity index (χ3v) is 3.18. The summed E-state index contributed by atoms with van der Waals surface area (Å²) in [5.74, 6) is -0.814. The Balaban J connectivity index is 2.23. The summed E-state index contributed by atoms with van der Waals surface area (Å²) < 4.78 is 26.7. The molecule has 0 saturated carbocycles. The van der Waals surface area contributed by atoms with E-state index in [9.17, 15) is 8.78 Å². The molecule has 0 spiro atoms. The molecule has 0 amide bonds. The third-order valence-electron chi connectivity index (χ3n) is 2.95. The van der Waals surface area contributed by atoms with Gasteiger partial charge in [-0.1, -0.05) is 11.6 Å². The summed E-state index contributed by atoms with van der Waals surface area (Å²) in [5.41, 5.74) is 2.18. The summed E-state index contributed by atoms with van der Waals surface area (Å²) in [7, 11) is 0. The Morgan fingerprint density at radius 2 is 1.95 bits per heavy atom. The number of halogens is 3. The van der Waals surface area contributed by atoms with Crippen LogP contribution in [0.3, 0.4) is 0 Å². The molecule has 0 fully saturated rings. The van der Waals surface area contributed by atoms with Crippen molar-refractivity contribution in [3.05, 3.63) is 52.6 Å². The van der Waals surface area contributed by atoms with E-state index in [0.29, 0.717) is 16.4 Å². The lowest BCUT2D eigenvalue weighted by Crippen LogP contribution is -1.85. The summed E-state index contributed by atoms with van der Waals surface area (Å²) in [6, 6.07) is 7.36. The normalized spacial score (nSPS) is 11.2. The predicted molar refractivity (Wildman–Crippen MR) is 71.2 cm³/mol. The maximum Gasteiger partial charge on any atom is 0.153 e. The molecule has 0 atom stereocenters. The van der Waals surface area contributed by atoms with Gasteiger partial charge in [-0.2, -0.15) is 0 Å². The average molecular weight is 279 g/mol. The molecule has 1 aromatic heterocycles. The zero-order valence-electron chi connectivity index (χ0n) is 9.97. The van der Waals surface area contributed by atoms with Gasteiger partial charge >= 0.3 is 0 Å². The first-order valence-corrected chi connectivity index (χ1v) is 6.03. The van der Waals surface area contributed by atoms with E-state index in [2.05, 4.69) is 9.97 Å². The summed E-state index contributed by atoms with van der Waals surface area (Å²) in [5, 5.41) is 0.620. The number of hydrogen-bond acceptors (Lipinski definition) is 1. The third kappa shape index (κ3) is 2.08. The molecule has 0 saturated heterocycles. The van der Waals surface area contributed by atoms with Crippen molar-refractivity contribution in [1.29, 1.82) is 0 Å². The van der Waals surface area contributed by atoms with E-state index in [1.807, 2.05) is 6.92 Å². The molecule has 19 heavy (non-hydrogen) atoms. The van der Waals surface area contributed by atoms with Crippen LogP contribution in [0.5, 0.6) is 0 Å². The van der Waals surface area contributed by atoms with Crippen LogP contribution in [0.15, 0.2) is 30.3 Å². The highest BCUT2D eigenvalue weighted by atomic mass is 35.5. The number of nitrogens with one attached hydrogen (secondary N) is 1. The summed E-state index contributed by atoms with van der Waals surface area (Å²) in [4.78, 5) is 7.09. The molecule has 0 bridgehead atoms. The summed E-state index contributed by atoms with van der Waals surface area (Å²) in [6.07, 6.45) is 0. The minimum Gasteiger partial charge on any atom is -0.338 e. The minimum atomic E-state index is -0.677. The number of aromatic nitrogens is 2. The van der Waals surface area contributed by atoms with Crippen molar-refractivity contribution in [2.45, 2.75) is 6.92 Å². The van der Waals surface area contributed by atoms with Crippen molar-refractivity contribution in [3.8, 4) is 11.4 Å². The second-order valence-electron chi connectivity index (χ2n) is 4.33. The fraction of sp³-hybridized carbons (Fsp3) is 0.0714. The zero-order valence-corrected chi connectivity index (χ0v) is 10.7. The first-order valence-electron chi connectivity index (χ1n) is 5.66. The number of nitrogens with zero attached hydrogens (tertiary/aromatic N) is 1. The van der Waals surface area contributed by atoms with Crippen LogP contribution in [0.2, 0.25) is 5.02 Å². The zero-order chi connectivity index (χ0) is 13.6. The minimum absolute atomic E-state index is 0.130. The molecule has 2 aromatic carbocycles. The van der Waals surface area contributed by atoms with Crippen molar-refractivity contribution in [1.82, 2.24) is 9.97 Å². The molecule has 0 unspecified atom stereocenters. The van der Waals surface area contributed by atoms with Gasteiger partial charge in [0, 0.05) is 16.7 Å². The van der Waals surface area contributed by atoms with E-state index in [0.717, 1.165) is 17.2 Å². The molecular weight excluding hydrogens is 270 g/mol. The van der Waals surface area contributed by atoms with Crippen LogP contribution >= 0.6 is 11.6 Å². The van der Waals surface area contributed by atoms with Gasteiger partial charge in [-0.15, -0.1) is 0 Å². The molecule has 96 valence electrons. The molecule has 0 aliphatic rings. The molecule has 0 aliphatic carbocycles. The highest BCUT2D eigenvalue weighted by molar-refractivity contribution is 6.30. The van der Waals surface area contributed by atoms with Gasteiger partial charge in [-0.05, 0) is 36.8 Å². The fourth-order valence-corrected chi connectivity index (χ4v) is 2.29. The lowest BCUT2D eigenvalue weighted by molar-refractivity contribution is 0.591. The number of H-pyrrole nitrogens is 1. The number of aryl methyl sites for hydroxylation is 1. The molecule has 0 aliphatic heterocycles. The van der Waals surface area contributed by atoms with E-state index in [1.165, 1.54) is 6.07 Å². The molecule has 3 aromatic rings. The van der Waals surface area contributed by atoms with Gasteiger partial charge in [0.1, 0.15) is 17.2 Å². The maximum absolute atomic E-state index is 13.6. The Hall–Kier alpha value is -1.94. The molecule has 2 nitrogen and oxygen atoms in total. The molecule has 5 heteroatoms. The van der Waals surface area contributed by atoms with Crippen LogP contribution in [0.1, 0.15) is 5.56 Å². The number of rotatable bonds is 1. The Labute approximate surface area is 113 Å². The van der Waals surface area contributed by atoms with Crippen LogP contribution in [0.4, 0.5) is 8.78 Å². The quantitative estimate of drug-likeness (QED) is 0.699. The van der Waals surface area contributed by atoms with E-state index in [4.69, 9.17) is 11.6 Å². The maximum atomic E-state index is 13.6. The van der Waals surface area contributed by atoms with Crippen LogP contribution < -0.4 is 0 Å². The highest BCUT2D eigenvalue weighted by Gasteiger charge is 2.12. The Morgan fingerprint density at radius 3 is 2.68 bits per heavy atom. The largest absolute Gasteiger partial charge is 0.338 e. The molecule has 1 N–H and O–H groups in total. The van der Waals surface area contributed by atoms with Gasteiger partial charge < -0.3 is 4.98 Å². The number of imidazole rings is 1. The van der Waals surface area contributed by atoms with Gasteiger partial charge in [-0.25, -0.2) is 13.8 Å². The Kier molecular flexibility index (Phi) is 2.75. The van der Waals surface area contributed by atoms with Crippen molar-refractivity contribution < 1.29 is 8.78 Å². The topological polar surface area (TPSA) is 28.7 Å². The summed E-state index contributed by atoms with van der Waals surface area (Å²) in [6.45, 7) is 1.88. The number of hydrogen-bond donors (Lipinski definition) is 1. The van der Waals surface area contributed by atoms with E-state index in [-0.39, 0.29) is 5.52 Å². The lowest BCUT2D eigenvalue weighted by Gasteiger charge is -2.02. The van der Waals surface area contributed by atoms with E-state index in [1.54, 1.807) is 18.2 Å². The van der Waals surface area contributed by atoms with E-state index >= 15 is 0 Å². The summed E-state index contributed by atoms with van der Waals surface area (Å²) >= 11 is 5.89. The van der Waals surface area contributed by atoms with Gasteiger partial charge in [0.05, 0.1) is 5.52 Å². The van der Waals surface area contributed by atoms with Gasteiger partial charge in [0.2, 0.25) is 0 Å². The molecule has 1 heterocycles. The van der Waals surface area contributed by atoms with Crippen LogP contribution in [0, 0.1) is 18.6 Å². The van der Waals surface area contributed by atoms with Gasteiger partial charge in [-0.3, -0.25) is 0 Å². The predicted octanol–water partition coefficient (Wildman–Crippen LogP) is 4.47. The van der Waals surface area contributed by atoms with Crippen molar-refractivity contribution in [3.63, 3.8) is 0 Å². The smallest absolute Gasteiger partial charge is 0.153 e. The van der Waals surface area contributed by atoms with E-state index < -0.39 is 11.6 Å². The number of fused-ring (bicyclic) bond motifs is 1. The monoisotopic (exact) mass is 278 g/mol. The first-order chi connectivity index (χ1) is 9.04. The fourth-order valence-electron chi connectivity index (χ4n) is 2.06. The first kappa shape index (κ1) is 12.1. The Morgan fingerprint density at radius 1 is 1.16 bits per heavy atom. The molecule has 0 radical (unpaired) electrons. The van der Waals surface area contributed by atoms with Gasteiger partial charge in [0.25, 0.3) is 0 Å². The van der Waals surface area contributed by atoms with Crippen LogP contribution in [-0.2, 0) is 0 Å². The number of aromatic amines is 1. The Bertz CT molecular complexity index is 780. The van der Waals surface area contributed by atoms with Crippen molar-refractivity contribution in [2.24, 2.45) is 0 Å². The van der Waals surface area contributed by atoms with Gasteiger partial charge in [0.15, 0.2) is 5.82 Å². The standard InChI is InChI=1S/C14H9ClF2N2/c1-7-4-8(15)2-3-10(7)14-18-12-6-9(16)5-11(17)13(12)19-14/h2-6H,1H3,(H,18,19). The SMILES string of the molecule is Cc1cc(Cl)ccc1-c1nc2c(F)cc(F)cc2[nH]1. The van der Waals surface area contributed by atoms with Crippen molar-refractivity contribution >= 4 is 22.6 Å². The second-order valence-corrected chi connectivity index (χ2v) is 4.76. The molecular formula is C14H9ClF2N2. The van der Waals surface area contributed by atoms with Crippen LogP contribution in [0.25, 0.3) is 22.4 Å². The van der Waals surface area contributed by atoms with Crippen molar-refractivity contribution in [2.75, 3.05) is 0 Å². The highest BCUT2D eigenvalue weighted by Crippen LogP contribution is 2.27. The molecule has 3 rings (SSSR count). The number of benzene rings is 2. The average Bonchev–Trinajstić information content (AvgIpc) is 2.72. The van der Waals surface area contributed by atoms with Crippen LogP contribution in [-0.4, -0.2) is 9.97 Å². The lowest BCUT2D eigenvalue weighted by atomic mass is 10.1.